The van der Waals surface area contributed by atoms with Crippen LogP contribution in [-0.4, -0.2) is 18.7 Å². The molecule has 0 radical (unpaired) electrons. The van der Waals surface area contributed by atoms with Gasteiger partial charge in [-0.15, -0.1) is 0 Å². The molecule has 3 heteroatoms. The molecule has 0 atom stereocenters. The van der Waals surface area contributed by atoms with E-state index in [9.17, 15) is 5.11 Å². The number of nitrogens with zero attached hydrogens (tertiary/aromatic N) is 1. The first kappa shape index (κ1) is 11.8. The monoisotopic (exact) mass is 246 g/mol. The molecule has 0 aromatic heterocycles. The van der Waals surface area contributed by atoms with E-state index in [1.807, 2.05) is 6.07 Å². The number of anilines is 1. The number of hydrogen-bond acceptors (Lipinski definition) is 3. The third kappa shape index (κ3) is 1.69. The van der Waals surface area contributed by atoms with Crippen LogP contribution in [0.2, 0.25) is 0 Å². The van der Waals surface area contributed by atoms with Crippen LogP contribution in [0.25, 0.3) is 0 Å². The summed E-state index contributed by atoms with van der Waals surface area (Å²) >= 11 is 0. The molecule has 1 saturated carbocycles. The SMILES string of the molecule is CN1CCCc2c1ccc(C1(N)CCCC1)c2O. The molecule has 1 aromatic rings. The molecule has 0 unspecified atom stereocenters. The molecule has 98 valence electrons. The minimum Gasteiger partial charge on any atom is -0.507 e. The Kier molecular flexibility index (Phi) is 2.74. The average molecular weight is 246 g/mol. The highest BCUT2D eigenvalue weighted by molar-refractivity contribution is 5.63. The molecule has 1 fully saturated rings. The molecule has 0 bridgehead atoms. The van der Waals surface area contributed by atoms with Crippen molar-refractivity contribution < 1.29 is 5.11 Å². The molecule has 3 nitrogen and oxygen atoms in total. The second kappa shape index (κ2) is 4.16. The van der Waals surface area contributed by atoms with Gasteiger partial charge < -0.3 is 15.7 Å². The van der Waals surface area contributed by atoms with Crippen LogP contribution >= 0.6 is 0 Å². The first-order valence-corrected chi connectivity index (χ1v) is 6.97. The van der Waals surface area contributed by atoms with Crippen LogP contribution in [0, 0.1) is 0 Å². The number of fused-ring (bicyclic) bond motifs is 1. The van der Waals surface area contributed by atoms with Crippen LogP contribution in [0.5, 0.6) is 5.75 Å². The first-order valence-electron chi connectivity index (χ1n) is 6.97. The van der Waals surface area contributed by atoms with Crippen LogP contribution < -0.4 is 10.6 Å². The van der Waals surface area contributed by atoms with Gasteiger partial charge in [0.05, 0.1) is 0 Å². The number of phenolic OH excluding ortho intramolecular Hbond substituents is 1. The normalized spacial score (nSPS) is 22.0. The summed E-state index contributed by atoms with van der Waals surface area (Å²) in [5.41, 5.74) is 9.41. The van der Waals surface area contributed by atoms with Crippen molar-refractivity contribution in [3.8, 4) is 5.75 Å². The lowest BCUT2D eigenvalue weighted by Crippen LogP contribution is -2.34. The van der Waals surface area contributed by atoms with Gasteiger partial charge in [-0.25, -0.2) is 0 Å². The van der Waals surface area contributed by atoms with Gasteiger partial charge in [-0.2, -0.15) is 0 Å². The summed E-state index contributed by atoms with van der Waals surface area (Å²) in [5, 5.41) is 10.6. The summed E-state index contributed by atoms with van der Waals surface area (Å²) in [4.78, 5) is 2.22. The molecule has 0 amide bonds. The number of nitrogens with two attached hydrogens (primary N) is 1. The first-order chi connectivity index (χ1) is 8.62. The summed E-state index contributed by atoms with van der Waals surface area (Å²) < 4.78 is 0. The zero-order valence-electron chi connectivity index (χ0n) is 11.1. The zero-order chi connectivity index (χ0) is 12.8. The maximum absolute atomic E-state index is 10.6. The van der Waals surface area contributed by atoms with Crippen LogP contribution in [-0.2, 0) is 12.0 Å². The van der Waals surface area contributed by atoms with Gasteiger partial charge in [0.2, 0.25) is 0 Å². The van der Waals surface area contributed by atoms with Gasteiger partial charge in [-0.1, -0.05) is 18.9 Å². The molecule has 0 saturated heterocycles. The van der Waals surface area contributed by atoms with E-state index in [0.29, 0.717) is 5.75 Å². The Morgan fingerprint density at radius 3 is 2.67 bits per heavy atom. The zero-order valence-corrected chi connectivity index (χ0v) is 11.1. The van der Waals surface area contributed by atoms with Crippen LogP contribution in [0.3, 0.4) is 0 Å². The molecule has 0 spiro atoms. The topological polar surface area (TPSA) is 49.5 Å². The number of rotatable bonds is 1. The number of hydrogen-bond donors (Lipinski definition) is 2. The maximum atomic E-state index is 10.6. The van der Waals surface area contributed by atoms with Crippen molar-refractivity contribution in [2.75, 3.05) is 18.5 Å². The predicted octanol–water partition coefficient (Wildman–Crippen LogP) is 2.50. The molecule has 2 aliphatic rings. The maximum Gasteiger partial charge on any atom is 0.125 e. The molecular weight excluding hydrogens is 224 g/mol. The van der Waals surface area contributed by atoms with Gasteiger partial charge in [0.25, 0.3) is 0 Å². The molecule has 1 heterocycles. The van der Waals surface area contributed by atoms with E-state index >= 15 is 0 Å². The second-order valence-corrected chi connectivity index (χ2v) is 5.85. The minimum absolute atomic E-state index is 0.296. The summed E-state index contributed by atoms with van der Waals surface area (Å²) in [6.45, 7) is 1.07. The Morgan fingerprint density at radius 2 is 1.94 bits per heavy atom. The predicted molar refractivity (Wildman–Crippen MR) is 74.0 cm³/mol. The molecular formula is C15H22N2O. The van der Waals surface area contributed by atoms with Gasteiger partial charge in [-0.3, -0.25) is 0 Å². The largest absolute Gasteiger partial charge is 0.507 e. The highest BCUT2D eigenvalue weighted by Crippen LogP contribution is 2.44. The van der Waals surface area contributed by atoms with Gasteiger partial charge in [0.15, 0.2) is 0 Å². The van der Waals surface area contributed by atoms with E-state index < -0.39 is 0 Å². The molecule has 3 N–H and O–H groups in total. The fourth-order valence-corrected chi connectivity index (χ4v) is 3.52. The van der Waals surface area contributed by atoms with E-state index in [2.05, 4.69) is 18.0 Å². The van der Waals surface area contributed by atoms with Crippen LogP contribution in [0.15, 0.2) is 12.1 Å². The summed E-state index contributed by atoms with van der Waals surface area (Å²) in [7, 11) is 2.09. The van der Waals surface area contributed by atoms with Crippen molar-refractivity contribution in [1.29, 1.82) is 0 Å². The minimum atomic E-state index is -0.296. The lowest BCUT2D eigenvalue weighted by Gasteiger charge is -2.32. The fourth-order valence-electron chi connectivity index (χ4n) is 3.52. The summed E-state index contributed by atoms with van der Waals surface area (Å²) in [5.74, 6) is 0.462. The number of phenols is 1. The standard InChI is InChI=1S/C15H22N2O/c1-17-10-4-5-11-13(17)7-6-12(14(11)18)15(16)8-2-3-9-15/h6-7,18H,2-5,8-10,16H2,1H3. The van der Waals surface area contributed by atoms with Crippen molar-refractivity contribution in [2.24, 2.45) is 5.73 Å². The molecule has 18 heavy (non-hydrogen) atoms. The van der Waals surface area contributed by atoms with E-state index in [1.165, 1.54) is 18.5 Å². The molecule has 1 aliphatic heterocycles. The third-order valence-electron chi connectivity index (χ3n) is 4.62. The number of benzene rings is 1. The lowest BCUT2D eigenvalue weighted by atomic mass is 9.85. The Labute approximate surface area is 109 Å². The Balaban J connectivity index is 2.07. The van der Waals surface area contributed by atoms with E-state index in [0.717, 1.165) is 43.4 Å². The van der Waals surface area contributed by atoms with Crippen molar-refractivity contribution in [3.05, 3.63) is 23.3 Å². The van der Waals surface area contributed by atoms with Crippen molar-refractivity contribution in [1.82, 2.24) is 0 Å². The lowest BCUT2D eigenvalue weighted by molar-refractivity contribution is 0.404. The summed E-state index contributed by atoms with van der Waals surface area (Å²) in [6.07, 6.45) is 6.41. The quantitative estimate of drug-likeness (QED) is 0.800. The van der Waals surface area contributed by atoms with Gasteiger partial charge in [0, 0.05) is 35.9 Å². The Bertz CT molecular complexity index is 464. The van der Waals surface area contributed by atoms with E-state index in [4.69, 9.17) is 5.73 Å². The van der Waals surface area contributed by atoms with Gasteiger partial charge in [-0.05, 0) is 31.7 Å². The van der Waals surface area contributed by atoms with Crippen molar-refractivity contribution in [2.45, 2.75) is 44.1 Å². The number of aromatic hydroxyl groups is 1. The fraction of sp³-hybridized carbons (Fsp3) is 0.600. The van der Waals surface area contributed by atoms with Gasteiger partial charge >= 0.3 is 0 Å². The average Bonchev–Trinajstić information content (AvgIpc) is 2.79. The molecule has 1 aromatic carbocycles. The second-order valence-electron chi connectivity index (χ2n) is 5.85. The van der Waals surface area contributed by atoms with Crippen molar-refractivity contribution in [3.63, 3.8) is 0 Å². The Hall–Kier alpha value is -1.22. The van der Waals surface area contributed by atoms with Crippen molar-refractivity contribution >= 4 is 5.69 Å². The highest BCUT2D eigenvalue weighted by Gasteiger charge is 2.35. The Morgan fingerprint density at radius 1 is 1.22 bits per heavy atom. The van der Waals surface area contributed by atoms with Crippen LogP contribution in [0.4, 0.5) is 5.69 Å². The van der Waals surface area contributed by atoms with E-state index in [-0.39, 0.29) is 5.54 Å². The van der Waals surface area contributed by atoms with E-state index in [1.54, 1.807) is 0 Å². The smallest absolute Gasteiger partial charge is 0.125 e. The third-order valence-corrected chi connectivity index (χ3v) is 4.62. The molecule has 1 aliphatic carbocycles. The summed E-state index contributed by atoms with van der Waals surface area (Å²) in [6, 6.07) is 4.18. The van der Waals surface area contributed by atoms with Gasteiger partial charge in [0.1, 0.15) is 5.75 Å². The highest BCUT2D eigenvalue weighted by atomic mass is 16.3. The van der Waals surface area contributed by atoms with Crippen LogP contribution in [0.1, 0.15) is 43.2 Å². The molecule has 3 rings (SSSR count).